The number of rotatable bonds is 5. The molecule has 1 atom stereocenters. The van der Waals surface area contributed by atoms with Gasteiger partial charge in [0.1, 0.15) is 0 Å². The number of amides is 2. The molecule has 5 rings (SSSR count). The first-order chi connectivity index (χ1) is 16.1. The lowest BCUT2D eigenvalue weighted by atomic mass is 9.98. The Morgan fingerprint density at radius 1 is 1.00 bits per heavy atom. The third-order valence-corrected chi connectivity index (χ3v) is 7.04. The van der Waals surface area contributed by atoms with Crippen molar-refractivity contribution < 1.29 is 9.59 Å². The summed E-state index contributed by atoms with van der Waals surface area (Å²) >= 11 is 1.70. The zero-order valence-corrected chi connectivity index (χ0v) is 19.1. The fraction of sp³-hybridized carbons (Fsp3) is 0.192. The van der Waals surface area contributed by atoms with Crippen molar-refractivity contribution in [3.8, 4) is 11.1 Å². The van der Waals surface area contributed by atoms with Crippen LogP contribution in [0.15, 0.2) is 78.9 Å². The molecule has 166 valence electrons. The van der Waals surface area contributed by atoms with Gasteiger partial charge in [0.15, 0.2) is 5.69 Å². The van der Waals surface area contributed by atoms with Gasteiger partial charge >= 0.3 is 0 Å². The fourth-order valence-electron chi connectivity index (χ4n) is 4.25. The second-order valence-corrected chi connectivity index (χ2v) is 9.04. The molecule has 4 aromatic rings. The van der Waals surface area contributed by atoms with Crippen LogP contribution in [0.2, 0.25) is 0 Å². The Kier molecular flexibility index (Phi) is 5.88. The molecule has 0 aliphatic carbocycles. The van der Waals surface area contributed by atoms with Crippen LogP contribution in [-0.2, 0) is 7.05 Å². The largest absolute Gasteiger partial charge is 0.349 e. The summed E-state index contributed by atoms with van der Waals surface area (Å²) in [7, 11) is 1.83. The van der Waals surface area contributed by atoms with Crippen molar-refractivity contribution in [3.63, 3.8) is 0 Å². The van der Waals surface area contributed by atoms with Crippen molar-refractivity contribution in [3.05, 3.63) is 90.1 Å². The van der Waals surface area contributed by atoms with E-state index < -0.39 is 0 Å². The first-order valence-electron chi connectivity index (χ1n) is 10.9. The van der Waals surface area contributed by atoms with E-state index in [0.717, 1.165) is 27.8 Å². The topological polar surface area (TPSA) is 67.2 Å². The van der Waals surface area contributed by atoms with Gasteiger partial charge in [-0.25, -0.2) is 0 Å². The Balaban J connectivity index is 1.33. The number of nitrogens with one attached hydrogen (secondary N) is 1. The predicted molar refractivity (Wildman–Crippen MR) is 132 cm³/mol. The maximum absolute atomic E-state index is 13.5. The molecule has 1 aliphatic rings. The number of aromatic nitrogens is 2. The molecule has 1 aromatic heterocycles. The Morgan fingerprint density at radius 2 is 1.73 bits per heavy atom. The van der Waals surface area contributed by atoms with Gasteiger partial charge < -0.3 is 10.2 Å². The van der Waals surface area contributed by atoms with Crippen molar-refractivity contribution in [2.24, 2.45) is 7.05 Å². The number of aryl methyl sites for hydroxylation is 1. The number of hydrogen-bond donors (Lipinski definition) is 1. The van der Waals surface area contributed by atoms with E-state index in [4.69, 9.17) is 0 Å². The standard InChI is InChI=1S/C26H24N4O2S/c1-29-23-14-8-7-13-22(23)24(28-29)25(31)27-15-19-16-33-17-30(19)26(32)21-12-6-5-11-20(21)18-9-3-2-4-10-18/h2-14,19H,15-17H2,1H3,(H,27,31)/t19-/m1/s1. The summed E-state index contributed by atoms with van der Waals surface area (Å²) < 4.78 is 1.71. The molecule has 1 fully saturated rings. The van der Waals surface area contributed by atoms with Gasteiger partial charge in [-0.05, 0) is 23.3 Å². The van der Waals surface area contributed by atoms with Crippen LogP contribution in [0.5, 0.6) is 0 Å². The highest BCUT2D eigenvalue weighted by Crippen LogP contribution is 2.28. The Hall–Kier alpha value is -3.58. The molecule has 0 radical (unpaired) electrons. The highest BCUT2D eigenvalue weighted by atomic mass is 32.2. The van der Waals surface area contributed by atoms with Crippen LogP contribution in [0.3, 0.4) is 0 Å². The van der Waals surface area contributed by atoms with E-state index in [9.17, 15) is 9.59 Å². The van der Waals surface area contributed by atoms with E-state index in [2.05, 4.69) is 10.4 Å². The third kappa shape index (κ3) is 4.12. The lowest BCUT2D eigenvalue weighted by molar-refractivity contribution is 0.0736. The van der Waals surface area contributed by atoms with Crippen molar-refractivity contribution in [1.29, 1.82) is 0 Å². The SMILES string of the molecule is Cn1nc(C(=O)NC[C@@H]2CSCN2C(=O)c2ccccc2-c2ccccc2)c2ccccc21. The molecule has 1 N–H and O–H groups in total. The lowest BCUT2D eigenvalue weighted by Gasteiger charge is -2.25. The van der Waals surface area contributed by atoms with Crippen LogP contribution in [0.1, 0.15) is 20.8 Å². The molecule has 2 heterocycles. The summed E-state index contributed by atoms with van der Waals surface area (Å²) in [4.78, 5) is 28.3. The van der Waals surface area contributed by atoms with Crippen LogP contribution in [0.4, 0.5) is 0 Å². The minimum atomic E-state index is -0.221. The zero-order valence-electron chi connectivity index (χ0n) is 18.3. The van der Waals surface area contributed by atoms with Crippen LogP contribution in [0.25, 0.3) is 22.0 Å². The molecule has 0 spiro atoms. The molecule has 2 amide bonds. The van der Waals surface area contributed by atoms with E-state index in [1.165, 1.54) is 0 Å². The van der Waals surface area contributed by atoms with Crippen molar-refractivity contribution in [1.82, 2.24) is 20.0 Å². The van der Waals surface area contributed by atoms with E-state index in [-0.39, 0.29) is 17.9 Å². The van der Waals surface area contributed by atoms with Gasteiger partial charge in [0, 0.05) is 30.3 Å². The highest BCUT2D eigenvalue weighted by molar-refractivity contribution is 7.99. The molecule has 33 heavy (non-hydrogen) atoms. The molecule has 6 nitrogen and oxygen atoms in total. The van der Waals surface area contributed by atoms with Crippen LogP contribution in [-0.4, -0.2) is 50.7 Å². The molecule has 1 saturated heterocycles. The van der Waals surface area contributed by atoms with E-state index in [1.54, 1.807) is 16.4 Å². The second kappa shape index (κ2) is 9.11. The van der Waals surface area contributed by atoms with Gasteiger partial charge in [0.25, 0.3) is 11.8 Å². The van der Waals surface area contributed by atoms with Crippen LogP contribution in [0, 0.1) is 0 Å². The van der Waals surface area contributed by atoms with Crippen LogP contribution >= 0.6 is 11.8 Å². The number of fused-ring (bicyclic) bond motifs is 1. The van der Waals surface area contributed by atoms with Gasteiger partial charge in [0.2, 0.25) is 0 Å². The van der Waals surface area contributed by atoms with Gasteiger partial charge in [-0.2, -0.15) is 5.10 Å². The Morgan fingerprint density at radius 3 is 2.58 bits per heavy atom. The van der Waals surface area contributed by atoms with Crippen molar-refractivity contribution >= 4 is 34.5 Å². The monoisotopic (exact) mass is 456 g/mol. The number of hydrogen-bond acceptors (Lipinski definition) is 4. The number of benzene rings is 3. The van der Waals surface area contributed by atoms with Crippen LogP contribution < -0.4 is 5.32 Å². The third-order valence-electron chi connectivity index (χ3n) is 5.96. The summed E-state index contributed by atoms with van der Waals surface area (Å²) in [5.41, 5.74) is 3.93. The number of nitrogens with zero attached hydrogens (tertiary/aromatic N) is 3. The molecule has 0 bridgehead atoms. The number of carbonyl (C=O) groups is 2. The minimum absolute atomic E-state index is 0.0120. The van der Waals surface area contributed by atoms with E-state index in [1.807, 2.05) is 90.8 Å². The summed E-state index contributed by atoms with van der Waals surface area (Å²) in [6.07, 6.45) is 0. The van der Waals surface area contributed by atoms with Crippen molar-refractivity contribution in [2.45, 2.75) is 6.04 Å². The Labute approximate surface area is 196 Å². The normalized spacial score (nSPS) is 15.7. The summed E-state index contributed by atoms with van der Waals surface area (Å²) in [6, 6.07) is 25.2. The molecular formula is C26H24N4O2S. The molecule has 7 heteroatoms. The summed E-state index contributed by atoms with van der Waals surface area (Å²) in [6.45, 7) is 0.385. The number of thioether (sulfide) groups is 1. The number of carbonyl (C=O) groups excluding carboxylic acids is 2. The van der Waals surface area contributed by atoms with E-state index in [0.29, 0.717) is 23.7 Å². The molecule has 0 unspecified atom stereocenters. The van der Waals surface area contributed by atoms with Gasteiger partial charge in [-0.3, -0.25) is 14.3 Å². The molecular weight excluding hydrogens is 432 g/mol. The van der Waals surface area contributed by atoms with Crippen molar-refractivity contribution in [2.75, 3.05) is 18.2 Å². The maximum Gasteiger partial charge on any atom is 0.272 e. The minimum Gasteiger partial charge on any atom is -0.349 e. The smallest absolute Gasteiger partial charge is 0.272 e. The Bertz CT molecular complexity index is 1320. The first-order valence-corrected chi connectivity index (χ1v) is 12.0. The average Bonchev–Trinajstić information content (AvgIpc) is 3.47. The zero-order chi connectivity index (χ0) is 22.8. The maximum atomic E-state index is 13.5. The number of para-hydroxylation sites is 1. The van der Waals surface area contributed by atoms with Gasteiger partial charge in [-0.15, -0.1) is 11.8 Å². The average molecular weight is 457 g/mol. The first kappa shape index (κ1) is 21.3. The van der Waals surface area contributed by atoms with Gasteiger partial charge in [0.05, 0.1) is 17.4 Å². The lowest BCUT2D eigenvalue weighted by Crippen LogP contribution is -2.44. The highest BCUT2D eigenvalue weighted by Gasteiger charge is 2.31. The fourth-order valence-corrected chi connectivity index (χ4v) is 5.45. The molecule has 3 aromatic carbocycles. The van der Waals surface area contributed by atoms with Gasteiger partial charge in [-0.1, -0.05) is 66.7 Å². The quantitative estimate of drug-likeness (QED) is 0.489. The summed E-state index contributed by atoms with van der Waals surface area (Å²) in [5.74, 6) is 1.15. The predicted octanol–water partition coefficient (Wildman–Crippen LogP) is 4.19. The van der Waals surface area contributed by atoms with E-state index >= 15 is 0 Å². The molecule has 1 aliphatic heterocycles. The summed E-state index contributed by atoms with van der Waals surface area (Å²) in [5, 5.41) is 8.23. The second-order valence-electron chi connectivity index (χ2n) is 8.04. The molecule has 0 saturated carbocycles.